The van der Waals surface area contributed by atoms with Gasteiger partial charge in [0.1, 0.15) is 0 Å². The van der Waals surface area contributed by atoms with E-state index in [2.05, 4.69) is 5.75 Å². The molecule has 1 aliphatic heterocycles. The fourth-order valence-corrected chi connectivity index (χ4v) is 1.76. The second kappa shape index (κ2) is 2.58. The van der Waals surface area contributed by atoms with Gasteiger partial charge in [0.25, 0.3) is 0 Å². The molecule has 2 heteroatoms. The third-order valence-corrected chi connectivity index (χ3v) is 2.25. The first-order chi connectivity index (χ1) is 3.43. The Morgan fingerprint density at radius 1 is 1.86 bits per heavy atom. The van der Waals surface area contributed by atoms with Crippen LogP contribution in [0, 0.1) is 11.7 Å². The molecule has 0 bridgehead atoms. The van der Waals surface area contributed by atoms with E-state index in [1.54, 1.807) is 0 Å². The number of hydrogen-bond donors (Lipinski definition) is 1. The highest BCUT2D eigenvalue weighted by Crippen LogP contribution is 2.26. The Morgan fingerprint density at radius 2 is 2.71 bits per heavy atom. The Hall–Kier alpha value is 0.310. The Labute approximate surface area is 48.7 Å². The van der Waals surface area contributed by atoms with E-state index in [9.17, 15) is 0 Å². The maximum absolute atomic E-state index is 5.39. The highest BCUT2D eigenvalue weighted by molar-refractivity contribution is 8.01. The van der Waals surface area contributed by atoms with Gasteiger partial charge in [-0.1, -0.05) is 0 Å². The Morgan fingerprint density at radius 3 is 3.00 bits per heavy atom. The molecule has 1 radical (unpaired) electrons. The van der Waals surface area contributed by atoms with Crippen molar-refractivity contribution in [3.63, 3.8) is 0 Å². The third-order valence-electron chi connectivity index (χ3n) is 1.20. The molecule has 1 atom stereocenters. The van der Waals surface area contributed by atoms with Crippen molar-refractivity contribution >= 4 is 11.8 Å². The average Bonchev–Trinajstić information content (AvgIpc) is 2.14. The summed E-state index contributed by atoms with van der Waals surface area (Å²) in [7, 11) is 0. The van der Waals surface area contributed by atoms with Gasteiger partial charge in [0.05, 0.1) is 0 Å². The molecule has 1 unspecified atom stereocenters. The van der Waals surface area contributed by atoms with Gasteiger partial charge in [-0.05, 0) is 24.6 Å². The fraction of sp³-hybridized carbons (Fsp3) is 0.800. The first kappa shape index (κ1) is 5.45. The molecule has 41 valence electrons. The Kier molecular flexibility index (Phi) is 2.00. The third kappa shape index (κ3) is 1.35. The van der Waals surface area contributed by atoms with Crippen molar-refractivity contribution < 1.29 is 0 Å². The predicted octanol–water partition coefficient (Wildman–Crippen LogP) is 0.860. The van der Waals surface area contributed by atoms with Crippen molar-refractivity contribution in [2.24, 2.45) is 11.7 Å². The lowest BCUT2D eigenvalue weighted by atomic mass is 10.1. The maximum Gasteiger partial charge on any atom is 0.0210 e. The molecule has 1 nitrogen and oxygen atoms in total. The molecule has 0 aromatic carbocycles. The molecular weight excluding hydrogens is 106 g/mol. The van der Waals surface area contributed by atoms with Gasteiger partial charge < -0.3 is 5.73 Å². The first-order valence-electron chi connectivity index (χ1n) is 2.58. The van der Waals surface area contributed by atoms with Crippen LogP contribution >= 0.6 is 11.8 Å². The second-order valence-electron chi connectivity index (χ2n) is 1.79. The zero-order valence-corrected chi connectivity index (χ0v) is 5.08. The zero-order valence-electron chi connectivity index (χ0n) is 4.26. The van der Waals surface area contributed by atoms with Crippen LogP contribution in [-0.2, 0) is 0 Å². The second-order valence-corrected chi connectivity index (χ2v) is 2.81. The molecule has 7 heavy (non-hydrogen) atoms. The molecule has 0 aromatic heterocycles. The average molecular weight is 116 g/mol. The quantitative estimate of drug-likeness (QED) is 0.550. The van der Waals surface area contributed by atoms with Gasteiger partial charge in [-0.3, -0.25) is 0 Å². The molecule has 0 saturated carbocycles. The van der Waals surface area contributed by atoms with Gasteiger partial charge >= 0.3 is 0 Å². The monoisotopic (exact) mass is 116 g/mol. The predicted molar refractivity (Wildman–Crippen MR) is 33.9 cm³/mol. The minimum absolute atomic E-state index is 0.713. The van der Waals surface area contributed by atoms with E-state index in [-0.39, 0.29) is 0 Å². The van der Waals surface area contributed by atoms with Crippen LogP contribution in [0.1, 0.15) is 6.42 Å². The molecule has 0 aromatic rings. The summed E-state index contributed by atoms with van der Waals surface area (Å²) in [5.74, 6) is 4.24. The van der Waals surface area contributed by atoms with E-state index in [0.717, 1.165) is 6.54 Å². The highest BCUT2D eigenvalue weighted by Gasteiger charge is 2.12. The van der Waals surface area contributed by atoms with E-state index in [0.29, 0.717) is 5.92 Å². The van der Waals surface area contributed by atoms with E-state index in [1.165, 1.54) is 12.2 Å². The fourth-order valence-electron chi connectivity index (χ4n) is 0.665. The summed E-state index contributed by atoms with van der Waals surface area (Å²) < 4.78 is 0. The van der Waals surface area contributed by atoms with E-state index in [1.807, 2.05) is 11.8 Å². The van der Waals surface area contributed by atoms with Gasteiger partial charge in [0.15, 0.2) is 0 Å². The van der Waals surface area contributed by atoms with Crippen LogP contribution in [0.15, 0.2) is 0 Å². The molecule has 1 heterocycles. The van der Waals surface area contributed by atoms with E-state index in [4.69, 9.17) is 5.73 Å². The van der Waals surface area contributed by atoms with E-state index < -0.39 is 0 Å². The summed E-state index contributed by atoms with van der Waals surface area (Å²) in [6.45, 7) is 0.840. The smallest absolute Gasteiger partial charge is 0.0210 e. The van der Waals surface area contributed by atoms with Gasteiger partial charge in [0.2, 0.25) is 0 Å². The molecule has 1 rings (SSSR count). The lowest BCUT2D eigenvalue weighted by Crippen LogP contribution is -2.09. The van der Waals surface area contributed by atoms with Crippen LogP contribution in [0.2, 0.25) is 0 Å². The maximum atomic E-state index is 5.39. The lowest BCUT2D eigenvalue weighted by molar-refractivity contribution is 0.650. The van der Waals surface area contributed by atoms with Crippen molar-refractivity contribution in [2.45, 2.75) is 6.42 Å². The van der Waals surface area contributed by atoms with Crippen molar-refractivity contribution in [3.8, 4) is 0 Å². The largest absolute Gasteiger partial charge is 0.330 e. The van der Waals surface area contributed by atoms with Crippen molar-refractivity contribution in [3.05, 3.63) is 5.75 Å². The van der Waals surface area contributed by atoms with Crippen LogP contribution < -0.4 is 5.73 Å². The SMILES string of the molecule is NCC1[CH]SCC1. The van der Waals surface area contributed by atoms with Gasteiger partial charge in [0, 0.05) is 5.75 Å². The van der Waals surface area contributed by atoms with Crippen molar-refractivity contribution in [2.75, 3.05) is 12.3 Å². The zero-order chi connectivity index (χ0) is 5.11. The van der Waals surface area contributed by atoms with Gasteiger partial charge in [-0.15, -0.1) is 0 Å². The van der Waals surface area contributed by atoms with Gasteiger partial charge in [-0.2, -0.15) is 11.8 Å². The molecule has 1 aliphatic rings. The van der Waals surface area contributed by atoms with Crippen molar-refractivity contribution in [1.82, 2.24) is 0 Å². The molecular formula is C5H10NS. The van der Waals surface area contributed by atoms with Crippen LogP contribution in [-0.4, -0.2) is 12.3 Å². The van der Waals surface area contributed by atoms with Crippen molar-refractivity contribution in [1.29, 1.82) is 0 Å². The number of nitrogens with two attached hydrogens (primary N) is 1. The van der Waals surface area contributed by atoms with E-state index >= 15 is 0 Å². The summed E-state index contributed by atoms with van der Waals surface area (Å²) in [5.41, 5.74) is 5.39. The molecule has 0 amide bonds. The normalized spacial score (nSPS) is 31.3. The summed E-state index contributed by atoms with van der Waals surface area (Å²) in [5, 5.41) is 0. The number of rotatable bonds is 1. The van der Waals surface area contributed by atoms with Gasteiger partial charge in [-0.25, -0.2) is 0 Å². The first-order valence-corrected chi connectivity index (χ1v) is 3.63. The Bertz CT molecular complexity index is 50.0. The standard InChI is InChI=1S/C5H10NS/c6-3-5-1-2-7-4-5/h4-5H,1-3,6H2. The van der Waals surface area contributed by atoms with Crippen LogP contribution in [0.3, 0.4) is 0 Å². The summed E-state index contributed by atoms with van der Waals surface area (Å²) in [6, 6.07) is 0. The molecule has 0 aliphatic carbocycles. The highest BCUT2D eigenvalue weighted by atomic mass is 32.2. The topological polar surface area (TPSA) is 26.0 Å². The molecule has 1 fully saturated rings. The minimum Gasteiger partial charge on any atom is -0.330 e. The Balaban J connectivity index is 2.14. The summed E-state index contributed by atoms with van der Waals surface area (Å²) in [6.07, 6.45) is 1.29. The number of thioether (sulfide) groups is 1. The minimum atomic E-state index is 0.713. The number of hydrogen-bond acceptors (Lipinski definition) is 2. The molecule has 2 N–H and O–H groups in total. The van der Waals surface area contributed by atoms with Crippen LogP contribution in [0.25, 0.3) is 0 Å². The lowest BCUT2D eigenvalue weighted by Gasteiger charge is -1.98. The van der Waals surface area contributed by atoms with Crippen LogP contribution in [0.5, 0.6) is 0 Å². The molecule has 0 spiro atoms. The summed E-state index contributed by atoms with van der Waals surface area (Å²) >= 11 is 1.90. The van der Waals surface area contributed by atoms with Crippen LogP contribution in [0.4, 0.5) is 0 Å². The molecule has 1 saturated heterocycles. The summed E-state index contributed by atoms with van der Waals surface area (Å²) in [4.78, 5) is 0.